The first-order chi connectivity index (χ1) is 7.20. The average molecular weight is 159 g/mol. The van der Waals surface area contributed by atoms with E-state index in [0.717, 1.165) is 0 Å². The zero-order valence-corrected chi connectivity index (χ0v) is 5.16. The number of esters is 1. The van der Waals surface area contributed by atoms with Crippen LogP contribution in [0.25, 0.3) is 0 Å². The number of methoxy groups -OCH3 is 1. The van der Waals surface area contributed by atoms with Crippen molar-refractivity contribution in [3.63, 3.8) is 0 Å². The summed E-state index contributed by atoms with van der Waals surface area (Å²) in [7, 11) is -2.97. The lowest BCUT2D eigenvalue weighted by molar-refractivity contribution is 0.0593. The Hall–Kier alpha value is -1.65. The van der Waals surface area contributed by atoms with Gasteiger partial charge in [0.2, 0.25) is 5.88 Å². The van der Waals surface area contributed by atoms with E-state index in [-0.39, 0.29) is 0 Å². The second kappa shape index (κ2) is 2.96. The van der Waals surface area contributed by atoms with E-state index in [4.69, 9.17) is 12.0 Å². The summed E-state index contributed by atoms with van der Waals surface area (Å²) in [6, 6.07) is 0. The molecule has 0 radical (unpaired) electrons. The predicted molar refractivity (Wildman–Crippen MR) is 35.0 cm³/mol. The van der Waals surface area contributed by atoms with E-state index < -0.39 is 36.9 Å². The van der Waals surface area contributed by atoms with E-state index >= 15 is 0 Å². The largest absolute Gasteiger partial charge is 0.492 e. The van der Waals surface area contributed by atoms with Crippen LogP contribution in [0.2, 0.25) is 0 Å². The van der Waals surface area contributed by atoms with Gasteiger partial charge in [-0.25, -0.2) is 14.8 Å². The quantitative estimate of drug-likeness (QED) is 0.582. The smallest absolute Gasteiger partial charge is 0.358 e. The standard InChI is InChI=1S/C6H6N2O3/c1-11-6(10)4-2-8-5(9)3-7-4/h2-3H,1H3,(H,8,9)/i1D3,2D,3D. The second-order valence-electron chi connectivity index (χ2n) is 1.51. The van der Waals surface area contributed by atoms with Gasteiger partial charge >= 0.3 is 5.97 Å². The normalized spacial score (nSPS) is 16.9. The number of nitrogens with zero attached hydrogens (tertiary/aromatic N) is 2. The summed E-state index contributed by atoms with van der Waals surface area (Å²) >= 11 is 0. The van der Waals surface area contributed by atoms with Crippen molar-refractivity contribution >= 4 is 5.97 Å². The molecule has 0 fully saturated rings. The molecule has 0 atom stereocenters. The number of rotatable bonds is 1. The molecule has 1 heterocycles. The van der Waals surface area contributed by atoms with Crippen LogP contribution in [0.3, 0.4) is 0 Å². The Kier molecular flexibility index (Phi) is 0.851. The van der Waals surface area contributed by atoms with Crippen LogP contribution in [0.1, 0.15) is 17.3 Å². The van der Waals surface area contributed by atoms with Crippen LogP contribution < -0.4 is 0 Å². The number of carbonyl (C=O) groups is 1. The molecule has 0 aliphatic rings. The molecule has 1 aromatic heterocycles. The molecule has 11 heavy (non-hydrogen) atoms. The van der Waals surface area contributed by atoms with Gasteiger partial charge in [-0.2, -0.15) is 0 Å². The number of aromatic nitrogens is 2. The van der Waals surface area contributed by atoms with Gasteiger partial charge in [-0.05, 0) is 0 Å². The minimum atomic E-state index is -2.97. The molecule has 0 spiro atoms. The zero-order chi connectivity index (χ0) is 12.5. The van der Waals surface area contributed by atoms with Crippen LogP contribution in [0.5, 0.6) is 5.88 Å². The van der Waals surface area contributed by atoms with Crippen molar-refractivity contribution < 1.29 is 21.5 Å². The van der Waals surface area contributed by atoms with Gasteiger partial charge in [0.25, 0.3) is 0 Å². The lowest BCUT2D eigenvalue weighted by Gasteiger charge is -1.95. The average Bonchev–Trinajstić information content (AvgIpc) is 2.08. The van der Waals surface area contributed by atoms with Gasteiger partial charge in [-0.3, -0.25) is 0 Å². The molecule has 0 bridgehead atoms. The van der Waals surface area contributed by atoms with E-state index in [1.165, 1.54) is 0 Å². The van der Waals surface area contributed by atoms with Crippen molar-refractivity contribution in [2.45, 2.75) is 0 Å². The molecule has 1 rings (SSSR count). The van der Waals surface area contributed by atoms with Crippen molar-refractivity contribution in [1.29, 1.82) is 0 Å². The maximum atomic E-state index is 11.2. The number of hydrogen-bond acceptors (Lipinski definition) is 5. The van der Waals surface area contributed by atoms with Gasteiger partial charge in [0.15, 0.2) is 5.69 Å². The summed E-state index contributed by atoms with van der Waals surface area (Å²) in [5.41, 5.74) is -0.737. The summed E-state index contributed by atoms with van der Waals surface area (Å²) < 4.78 is 38.1. The van der Waals surface area contributed by atoms with Crippen molar-refractivity contribution in [2.24, 2.45) is 0 Å². The van der Waals surface area contributed by atoms with E-state index in [2.05, 4.69) is 14.7 Å². The topological polar surface area (TPSA) is 72.3 Å². The Balaban J connectivity index is 3.05. The van der Waals surface area contributed by atoms with E-state index in [1.54, 1.807) is 0 Å². The zero-order valence-electron chi connectivity index (χ0n) is 10.2. The summed E-state index contributed by atoms with van der Waals surface area (Å²) in [5.74, 6) is -2.22. The SMILES string of the molecule is [2H]c1nc(C(=O)OC([2H])([2H])[2H])c([2H])nc1O. The first-order valence-corrected chi connectivity index (χ1v) is 2.48. The minimum absolute atomic E-state index is 0.737. The first-order valence-electron chi connectivity index (χ1n) is 4.98. The molecule has 1 aromatic rings. The van der Waals surface area contributed by atoms with Crippen LogP contribution >= 0.6 is 0 Å². The minimum Gasteiger partial charge on any atom is -0.492 e. The summed E-state index contributed by atoms with van der Waals surface area (Å²) in [5, 5.41) is 8.89. The fraction of sp³-hybridized carbons (Fsp3) is 0.167. The first kappa shape index (κ1) is 3.17. The third-order valence-corrected chi connectivity index (χ3v) is 0.821. The van der Waals surface area contributed by atoms with Gasteiger partial charge in [-0.1, -0.05) is 0 Å². The second-order valence-corrected chi connectivity index (χ2v) is 1.51. The van der Waals surface area contributed by atoms with Crippen molar-refractivity contribution in [3.8, 4) is 5.88 Å². The number of aromatic hydroxyl groups is 1. The summed E-state index contributed by atoms with van der Waals surface area (Å²) in [4.78, 5) is 17.5. The highest BCUT2D eigenvalue weighted by molar-refractivity contribution is 5.86. The fourth-order valence-electron chi connectivity index (χ4n) is 0.401. The molecule has 5 nitrogen and oxygen atoms in total. The van der Waals surface area contributed by atoms with Crippen molar-refractivity contribution in [2.75, 3.05) is 7.04 Å². The summed E-state index contributed by atoms with van der Waals surface area (Å²) in [6.45, 7) is 0. The maximum Gasteiger partial charge on any atom is 0.358 e. The Morgan fingerprint density at radius 1 is 1.82 bits per heavy atom. The summed E-state index contributed by atoms with van der Waals surface area (Å²) in [6.07, 6.45) is -1.50. The Bertz CT molecular complexity index is 433. The van der Waals surface area contributed by atoms with E-state index in [9.17, 15) is 4.79 Å². The molecular formula is C6H6N2O3. The van der Waals surface area contributed by atoms with Crippen LogP contribution in [0.4, 0.5) is 0 Å². The van der Waals surface area contributed by atoms with Crippen LogP contribution in [0.15, 0.2) is 12.3 Å². The molecule has 5 heteroatoms. The Morgan fingerprint density at radius 2 is 2.64 bits per heavy atom. The molecule has 0 aromatic carbocycles. The van der Waals surface area contributed by atoms with E-state index in [0.29, 0.717) is 0 Å². The fourth-order valence-corrected chi connectivity index (χ4v) is 0.401. The lowest BCUT2D eigenvalue weighted by atomic mass is 10.5. The molecule has 58 valence electrons. The molecule has 1 N–H and O–H groups in total. The molecule has 0 aliphatic heterocycles. The molecule has 0 saturated carbocycles. The van der Waals surface area contributed by atoms with Crippen LogP contribution in [-0.4, -0.2) is 28.1 Å². The Morgan fingerprint density at radius 3 is 3.36 bits per heavy atom. The number of carbonyl (C=O) groups excluding carboxylic acids is 1. The Labute approximate surface area is 69.7 Å². The number of ether oxygens (including phenoxy) is 1. The molecule has 0 amide bonds. The third-order valence-electron chi connectivity index (χ3n) is 0.821. The molecular weight excluding hydrogens is 148 g/mol. The monoisotopic (exact) mass is 159 g/mol. The highest BCUT2D eigenvalue weighted by Crippen LogP contribution is 2.00. The third kappa shape index (κ3) is 1.64. The van der Waals surface area contributed by atoms with E-state index in [1.807, 2.05) is 0 Å². The predicted octanol–water partition coefficient (Wildman–Crippen LogP) is -0.0312. The van der Waals surface area contributed by atoms with Crippen molar-refractivity contribution in [3.05, 3.63) is 18.0 Å². The van der Waals surface area contributed by atoms with Gasteiger partial charge < -0.3 is 9.84 Å². The molecule has 0 saturated heterocycles. The van der Waals surface area contributed by atoms with Gasteiger partial charge in [0, 0.05) is 0 Å². The highest BCUT2D eigenvalue weighted by Gasteiger charge is 2.05. The maximum absolute atomic E-state index is 11.2. The van der Waals surface area contributed by atoms with Crippen LogP contribution in [-0.2, 0) is 4.74 Å². The lowest BCUT2D eigenvalue weighted by Crippen LogP contribution is -2.03. The van der Waals surface area contributed by atoms with Crippen molar-refractivity contribution in [1.82, 2.24) is 9.97 Å². The van der Waals surface area contributed by atoms with Gasteiger partial charge in [0.1, 0.15) is 0 Å². The van der Waals surface area contributed by atoms with Gasteiger partial charge in [-0.15, -0.1) is 0 Å². The molecule has 0 aliphatic carbocycles. The van der Waals surface area contributed by atoms with Gasteiger partial charge in [0.05, 0.1) is 26.2 Å². The number of hydrogen-bond donors (Lipinski definition) is 1. The van der Waals surface area contributed by atoms with Crippen LogP contribution in [0, 0.1) is 0 Å². The molecule has 0 unspecified atom stereocenters. The highest BCUT2D eigenvalue weighted by atomic mass is 16.5.